The molecule has 0 amide bonds. The zero-order chi connectivity index (χ0) is 14.3. The average molecular weight is 267 g/mol. The number of nitrogens with two attached hydrogens (primary N) is 1. The molecule has 4 heteroatoms. The summed E-state index contributed by atoms with van der Waals surface area (Å²) in [5, 5.41) is 0. The van der Waals surface area contributed by atoms with Gasteiger partial charge in [0.1, 0.15) is 5.82 Å². The van der Waals surface area contributed by atoms with Crippen LogP contribution in [0.15, 0.2) is 24.3 Å². The fourth-order valence-corrected chi connectivity index (χ4v) is 2.10. The number of likely N-dealkylation sites (N-methyl/N-ethyl adjacent to an activating group) is 1. The normalized spacial score (nSPS) is 13.2. The summed E-state index contributed by atoms with van der Waals surface area (Å²) in [7, 11) is 4.11. The first kappa shape index (κ1) is 16.1. The molecule has 0 aromatic heterocycles. The van der Waals surface area contributed by atoms with E-state index in [0.717, 1.165) is 26.1 Å². The summed E-state index contributed by atoms with van der Waals surface area (Å²) in [5.74, 6) is -0.209. The van der Waals surface area contributed by atoms with Crippen LogP contribution in [0.4, 0.5) is 4.39 Å². The molecule has 2 N–H and O–H groups in total. The van der Waals surface area contributed by atoms with Crippen molar-refractivity contribution in [1.29, 1.82) is 0 Å². The Morgan fingerprint density at radius 3 is 2.42 bits per heavy atom. The third-order valence-corrected chi connectivity index (χ3v) is 3.16. The molecular weight excluding hydrogens is 241 g/mol. The highest BCUT2D eigenvalue weighted by Crippen LogP contribution is 2.15. The zero-order valence-corrected chi connectivity index (χ0v) is 12.3. The smallest absolute Gasteiger partial charge is 0.128 e. The van der Waals surface area contributed by atoms with Gasteiger partial charge in [0.25, 0.3) is 0 Å². The summed E-state index contributed by atoms with van der Waals surface area (Å²) >= 11 is 0. The monoisotopic (exact) mass is 267 g/mol. The van der Waals surface area contributed by atoms with Crippen LogP contribution in [0.5, 0.6) is 0 Å². The molecule has 108 valence electrons. The van der Waals surface area contributed by atoms with Crippen molar-refractivity contribution in [2.45, 2.75) is 19.4 Å². The van der Waals surface area contributed by atoms with E-state index < -0.39 is 0 Å². The molecule has 1 atom stereocenters. The molecular formula is C15H26FN3. The van der Waals surface area contributed by atoms with Gasteiger partial charge in [0, 0.05) is 31.2 Å². The van der Waals surface area contributed by atoms with Gasteiger partial charge < -0.3 is 15.5 Å². The maximum Gasteiger partial charge on any atom is 0.128 e. The average Bonchev–Trinajstić information content (AvgIpc) is 2.36. The van der Waals surface area contributed by atoms with Crippen molar-refractivity contribution in [1.82, 2.24) is 9.80 Å². The second kappa shape index (κ2) is 8.25. The van der Waals surface area contributed by atoms with Crippen LogP contribution < -0.4 is 5.73 Å². The van der Waals surface area contributed by atoms with Gasteiger partial charge in [0.05, 0.1) is 0 Å². The van der Waals surface area contributed by atoms with Gasteiger partial charge in [-0.25, -0.2) is 4.39 Å². The van der Waals surface area contributed by atoms with Crippen molar-refractivity contribution >= 4 is 0 Å². The van der Waals surface area contributed by atoms with Crippen molar-refractivity contribution in [2.75, 3.05) is 40.3 Å². The number of halogens is 1. The van der Waals surface area contributed by atoms with Gasteiger partial charge in [-0.1, -0.05) is 25.1 Å². The second-order valence-corrected chi connectivity index (χ2v) is 5.23. The van der Waals surface area contributed by atoms with Crippen LogP contribution in [0.3, 0.4) is 0 Å². The summed E-state index contributed by atoms with van der Waals surface area (Å²) in [5.41, 5.74) is 6.74. The molecule has 3 nitrogen and oxygen atoms in total. The number of rotatable bonds is 8. The predicted molar refractivity (Wildman–Crippen MR) is 78.6 cm³/mol. The minimum Gasteiger partial charge on any atom is -0.323 e. The Hall–Kier alpha value is -0.970. The molecule has 19 heavy (non-hydrogen) atoms. The fourth-order valence-electron chi connectivity index (χ4n) is 2.10. The molecule has 1 rings (SSSR count). The van der Waals surface area contributed by atoms with Crippen LogP contribution in [0.2, 0.25) is 0 Å². The summed E-state index contributed by atoms with van der Waals surface area (Å²) in [6, 6.07) is 6.51. The Kier molecular flexibility index (Phi) is 6.99. The van der Waals surface area contributed by atoms with Crippen molar-refractivity contribution in [2.24, 2.45) is 5.73 Å². The van der Waals surface area contributed by atoms with E-state index in [1.165, 1.54) is 6.07 Å². The van der Waals surface area contributed by atoms with E-state index in [0.29, 0.717) is 12.1 Å². The SMILES string of the molecule is CCCN(CCN(C)C)CC(N)c1ccccc1F. The Balaban J connectivity index is 2.60. The highest BCUT2D eigenvalue weighted by atomic mass is 19.1. The quantitative estimate of drug-likeness (QED) is 0.783. The van der Waals surface area contributed by atoms with Gasteiger partial charge in [0.2, 0.25) is 0 Å². The largest absolute Gasteiger partial charge is 0.323 e. The third-order valence-electron chi connectivity index (χ3n) is 3.16. The fraction of sp³-hybridized carbons (Fsp3) is 0.600. The van der Waals surface area contributed by atoms with Gasteiger partial charge in [-0.15, -0.1) is 0 Å². The van der Waals surface area contributed by atoms with Gasteiger partial charge in [0.15, 0.2) is 0 Å². The predicted octanol–water partition coefficient (Wildman–Crippen LogP) is 2.10. The summed E-state index contributed by atoms with van der Waals surface area (Å²) in [6.45, 7) is 5.79. The molecule has 0 fully saturated rings. The van der Waals surface area contributed by atoms with E-state index in [4.69, 9.17) is 5.73 Å². The lowest BCUT2D eigenvalue weighted by atomic mass is 10.1. The molecule has 0 spiro atoms. The molecule has 0 heterocycles. The molecule has 0 saturated carbocycles. The summed E-state index contributed by atoms with van der Waals surface area (Å²) < 4.78 is 13.7. The van der Waals surface area contributed by atoms with E-state index in [9.17, 15) is 4.39 Å². The first-order valence-electron chi connectivity index (χ1n) is 6.91. The third kappa shape index (κ3) is 5.68. The van der Waals surface area contributed by atoms with E-state index >= 15 is 0 Å². The number of benzene rings is 1. The Bertz CT molecular complexity index is 368. The molecule has 0 aliphatic rings. The van der Waals surface area contributed by atoms with Crippen LogP contribution in [-0.4, -0.2) is 50.1 Å². The number of hydrogen-bond donors (Lipinski definition) is 1. The Morgan fingerprint density at radius 2 is 1.84 bits per heavy atom. The van der Waals surface area contributed by atoms with Gasteiger partial charge in [-0.05, 0) is 33.1 Å². The standard InChI is InChI=1S/C15H26FN3/c1-4-9-19(11-10-18(2)3)12-15(17)13-7-5-6-8-14(13)16/h5-8,15H,4,9-12,17H2,1-3H3. The molecule has 1 aromatic carbocycles. The lowest BCUT2D eigenvalue weighted by Gasteiger charge is -2.26. The molecule has 0 radical (unpaired) electrons. The van der Waals surface area contributed by atoms with Crippen LogP contribution >= 0.6 is 0 Å². The molecule has 0 aliphatic carbocycles. The van der Waals surface area contributed by atoms with Crippen molar-refractivity contribution in [3.8, 4) is 0 Å². The highest BCUT2D eigenvalue weighted by Gasteiger charge is 2.14. The maximum atomic E-state index is 13.7. The minimum atomic E-state index is -0.269. The molecule has 0 saturated heterocycles. The second-order valence-electron chi connectivity index (χ2n) is 5.23. The zero-order valence-electron chi connectivity index (χ0n) is 12.3. The first-order chi connectivity index (χ1) is 9.04. The molecule has 0 bridgehead atoms. The molecule has 1 aromatic rings. The first-order valence-corrected chi connectivity index (χ1v) is 6.91. The summed E-state index contributed by atoms with van der Waals surface area (Å²) in [4.78, 5) is 4.45. The lowest BCUT2D eigenvalue weighted by molar-refractivity contribution is 0.228. The molecule has 0 aliphatic heterocycles. The lowest BCUT2D eigenvalue weighted by Crippen LogP contribution is -2.37. The van der Waals surface area contributed by atoms with Crippen LogP contribution in [0, 0.1) is 5.82 Å². The van der Waals surface area contributed by atoms with Crippen LogP contribution in [-0.2, 0) is 0 Å². The van der Waals surface area contributed by atoms with E-state index in [1.54, 1.807) is 12.1 Å². The van der Waals surface area contributed by atoms with E-state index in [2.05, 4.69) is 30.8 Å². The van der Waals surface area contributed by atoms with Crippen LogP contribution in [0.25, 0.3) is 0 Å². The van der Waals surface area contributed by atoms with E-state index in [-0.39, 0.29) is 11.9 Å². The van der Waals surface area contributed by atoms with Crippen molar-refractivity contribution in [3.05, 3.63) is 35.6 Å². The van der Waals surface area contributed by atoms with E-state index in [1.807, 2.05) is 6.07 Å². The number of hydrogen-bond acceptors (Lipinski definition) is 3. The van der Waals surface area contributed by atoms with Crippen molar-refractivity contribution < 1.29 is 4.39 Å². The van der Waals surface area contributed by atoms with Gasteiger partial charge >= 0.3 is 0 Å². The maximum absolute atomic E-state index is 13.7. The van der Waals surface area contributed by atoms with Gasteiger partial charge in [-0.3, -0.25) is 0 Å². The number of nitrogens with zero attached hydrogens (tertiary/aromatic N) is 2. The van der Waals surface area contributed by atoms with Crippen LogP contribution in [0.1, 0.15) is 24.9 Å². The van der Waals surface area contributed by atoms with Gasteiger partial charge in [-0.2, -0.15) is 0 Å². The summed E-state index contributed by atoms with van der Waals surface area (Å²) in [6.07, 6.45) is 1.08. The Labute approximate surface area is 116 Å². The minimum absolute atomic E-state index is 0.209. The topological polar surface area (TPSA) is 32.5 Å². The Morgan fingerprint density at radius 1 is 1.16 bits per heavy atom. The highest BCUT2D eigenvalue weighted by molar-refractivity contribution is 5.21. The van der Waals surface area contributed by atoms with Crippen molar-refractivity contribution in [3.63, 3.8) is 0 Å². The molecule has 1 unspecified atom stereocenters.